The molecule has 2 aliphatic heterocycles. The van der Waals surface area contributed by atoms with Crippen molar-refractivity contribution in [3.8, 4) is 0 Å². The van der Waals surface area contributed by atoms with Crippen molar-refractivity contribution >= 4 is 16.5 Å². The highest BCUT2D eigenvalue weighted by atomic mass is 15.1. The summed E-state index contributed by atoms with van der Waals surface area (Å²) >= 11 is 0. The molecule has 0 atom stereocenters. The van der Waals surface area contributed by atoms with E-state index >= 15 is 0 Å². The number of benzene rings is 1. The molecule has 0 N–H and O–H groups in total. The Labute approximate surface area is 118 Å². The van der Waals surface area contributed by atoms with E-state index in [4.69, 9.17) is 0 Å². The smallest absolute Gasteiger partial charge is 0.0979 e. The first-order valence-corrected chi connectivity index (χ1v) is 6.72. The van der Waals surface area contributed by atoms with Gasteiger partial charge >= 0.3 is 0 Å². The summed E-state index contributed by atoms with van der Waals surface area (Å²) in [5, 5.41) is 1.15. The first-order valence-electron chi connectivity index (χ1n) is 6.72. The SMILES string of the molecule is [c]1nc2ccccc2cc1C1=C2C=CC=CN2CC=C1. The van der Waals surface area contributed by atoms with Crippen LogP contribution in [0.1, 0.15) is 5.56 Å². The Hall–Kier alpha value is -2.61. The maximum atomic E-state index is 4.44. The molecular formula is C18H13N2. The fourth-order valence-corrected chi connectivity index (χ4v) is 2.63. The van der Waals surface area contributed by atoms with Gasteiger partial charge in [-0.2, -0.15) is 0 Å². The fourth-order valence-electron chi connectivity index (χ4n) is 2.63. The molecule has 0 fully saturated rings. The molecule has 2 nitrogen and oxygen atoms in total. The number of aromatic nitrogens is 1. The minimum absolute atomic E-state index is 0.917. The average Bonchev–Trinajstić information content (AvgIpc) is 2.54. The highest BCUT2D eigenvalue weighted by molar-refractivity contribution is 5.86. The molecule has 2 heteroatoms. The van der Waals surface area contributed by atoms with Crippen LogP contribution >= 0.6 is 0 Å². The number of rotatable bonds is 1. The fraction of sp³-hybridized carbons (Fsp3) is 0.0556. The lowest BCUT2D eigenvalue weighted by Crippen LogP contribution is -2.21. The first kappa shape index (κ1) is 11.2. The predicted octanol–water partition coefficient (Wildman–Crippen LogP) is 3.70. The standard InChI is InChI=1S/C18H13N2/c1-2-8-17-14(6-1)12-15(13-19-17)16-7-5-11-20-10-4-3-9-18(16)20/h1-10,12H,11H2. The van der Waals surface area contributed by atoms with Crippen molar-refractivity contribution in [2.45, 2.75) is 0 Å². The zero-order valence-electron chi connectivity index (χ0n) is 11.0. The molecular weight excluding hydrogens is 244 g/mol. The number of pyridine rings is 1. The lowest BCUT2D eigenvalue weighted by Gasteiger charge is -2.27. The summed E-state index contributed by atoms with van der Waals surface area (Å²) in [6.45, 7) is 0.917. The minimum Gasteiger partial charge on any atom is -0.344 e. The summed E-state index contributed by atoms with van der Waals surface area (Å²) in [5.74, 6) is 0. The van der Waals surface area contributed by atoms with E-state index in [0.29, 0.717) is 0 Å². The van der Waals surface area contributed by atoms with Gasteiger partial charge in [0.2, 0.25) is 0 Å². The lowest BCUT2D eigenvalue weighted by atomic mass is 9.99. The third kappa shape index (κ3) is 1.77. The van der Waals surface area contributed by atoms with Crippen LogP contribution in [0.2, 0.25) is 0 Å². The molecule has 1 aromatic carbocycles. The van der Waals surface area contributed by atoms with E-state index in [-0.39, 0.29) is 0 Å². The lowest BCUT2D eigenvalue weighted by molar-refractivity contribution is 0.527. The summed E-state index contributed by atoms with van der Waals surface area (Å²) < 4.78 is 0. The predicted molar refractivity (Wildman–Crippen MR) is 81.6 cm³/mol. The van der Waals surface area contributed by atoms with Crippen molar-refractivity contribution in [2.24, 2.45) is 0 Å². The molecule has 0 amide bonds. The Morgan fingerprint density at radius 2 is 2.05 bits per heavy atom. The van der Waals surface area contributed by atoms with Gasteiger partial charge in [-0.3, -0.25) is 0 Å². The molecule has 0 aliphatic carbocycles. The monoisotopic (exact) mass is 257 g/mol. The van der Waals surface area contributed by atoms with Crippen molar-refractivity contribution in [2.75, 3.05) is 6.54 Å². The Morgan fingerprint density at radius 1 is 1.10 bits per heavy atom. The second-order valence-electron chi connectivity index (χ2n) is 4.89. The third-order valence-corrected chi connectivity index (χ3v) is 3.63. The summed E-state index contributed by atoms with van der Waals surface area (Å²) in [5.41, 5.74) is 4.41. The number of allylic oxidation sites excluding steroid dienone is 5. The normalized spacial score (nSPS) is 16.9. The summed E-state index contributed by atoms with van der Waals surface area (Å²) in [4.78, 5) is 6.67. The van der Waals surface area contributed by atoms with Crippen LogP contribution in [0.25, 0.3) is 16.5 Å². The van der Waals surface area contributed by atoms with Gasteiger partial charge in [-0.05, 0) is 24.3 Å². The van der Waals surface area contributed by atoms with E-state index in [9.17, 15) is 0 Å². The van der Waals surface area contributed by atoms with Gasteiger partial charge in [0.15, 0.2) is 0 Å². The number of hydrogen-bond donors (Lipinski definition) is 0. The molecule has 3 heterocycles. The van der Waals surface area contributed by atoms with E-state index in [2.05, 4.69) is 64.8 Å². The van der Waals surface area contributed by atoms with Gasteiger partial charge in [0.05, 0.1) is 11.7 Å². The molecule has 1 aromatic heterocycles. The largest absolute Gasteiger partial charge is 0.344 e. The third-order valence-electron chi connectivity index (χ3n) is 3.63. The second-order valence-corrected chi connectivity index (χ2v) is 4.89. The first-order chi connectivity index (χ1) is 9.92. The van der Waals surface area contributed by atoms with Crippen molar-refractivity contribution in [3.63, 3.8) is 0 Å². The zero-order valence-corrected chi connectivity index (χ0v) is 11.0. The second kappa shape index (κ2) is 4.49. The van der Waals surface area contributed by atoms with E-state index in [1.165, 1.54) is 11.3 Å². The molecule has 2 aliphatic rings. The molecule has 20 heavy (non-hydrogen) atoms. The highest BCUT2D eigenvalue weighted by Gasteiger charge is 2.16. The van der Waals surface area contributed by atoms with Crippen LogP contribution in [0.3, 0.4) is 0 Å². The van der Waals surface area contributed by atoms with Crippen LogP contribution in [-0.2, 0) is 0 Å². The molecule has 0 saturated heterocycles. The van der Waals surface area contributed by atoms with Crippen LogP contribution in [0.4, 0.5) is 0 Å². The molecule has 0 saturated carbocycles. The minimum atomic E-state index is 0.917. The van der Waals surface area contributed by atoms with Gasteiger partial charge in [0, 0.05) is 35.0 Å². The zero-order chi connectivity index (χ0) is 13.4. The molecule has 95 valence electrons. The number of fused-ring (bicyclic) bond motifs is 2. The molecule has 0 spiro atoms. The Balaban J connectivity index is 1.89. The molecule has 1 radical (unpaired) electrons. The molecule has 4 rings (SSSR count). The van der Waals surface area contributed by atoms with Crippen LogP contribution in [0.5, 0.6) is 0 Å². The summed E-state index contributed by atoms with van der Waals surface area (Å²) in [6.07, 6.45) is 15.9. The van der Waals surface area contributed by atoms with Crippen LogP contribution in [0, 0.1) is 6.20 Å². The quantitative estimate of drug-likeness (QED) is 0.774. The Kier molecular flexibility index (Phi) is 2.52. The number of para-hydroxylation sites is 1. The van der Waals surface area contributed by atoms with E-state index in [1.54, 1.807) is 0 Å². The average molecular weight is 257 g/mol. The Morgan fingerprint density at radius 3 is 3.05 bits per heavy atom. The summed E-state index contributed by atoms with van der Waals surface area (Å²) in [6, 6.07) is 10.3. The van der Waals surface area contributed by atoms with Crippen molar-refractivity contribution in [1.29, 1.82) is 0 Å². The van der Waals surface area contributed by atoms with Gasteiger partial charge in [-0.1, -0.05) is 36.4 Å². The van der Waals surface area contributed by atoms with Gasteiger partial charge in [0.1, 0.15) is 0 Å². The maximum Gasteiger partial charge on any atom is 0.0979 e. The maximum absolute atomic E-state index is 4.44. The van der Waals surface area contributed by atoms with Crippen LogP contribution in [-0.4, -0.2) is 16.4 Å². The van der Waals surface area contributed by atoms with E-state index in [0.717, 1.165) is 23.0 Å². The van der Waals surface area contributed by atoms with E-state index in [1.807, 2.05) is 18.2 Å². The Bertz CT molecular complexity index is 794. The molecule has 0 unspecified atom stereocenters. The summed E-state index contributed by atoms with van der Waals surface area (Å²) in [7, 11) is 0. The van der Waals surface area contributed by atoms with Crippen molar-refractivity contribution in [3.05, 3.63) is 84.4 Å². The number of hydrogen-bond acceptors (Lipinski definition) is 2. The van der Waals surface area contributed by atoms with E-state index < -0.39 is 0 Å². The topological polar surface area (TPSA) is 16.1 Å². The van der Waals surface area contributed by atoms with Crippen LogP contribution < -0.4 is 0 Å². The molecule has 2 aromatic rings. The van der Waals surface area contributed by atoms with Gasteiger partial charge in [-0.15, -0.1) is 0 Å². The van der Waals surface area contributed by atoms with Gasteiger partial charge in [0.25, 0.3) is 0 Å². The molecule has 0 bridgehead atoms. The van der Waals surface area contributed by atoms with Gasteiger partial charge in [-0.25, -0.2) is 4.98 Å². The van der Waals surface area contributed by atoms with Gasteiger partial charge < -0.3 is 4.90 Å². The van der Waals surface area contributed by atoms with Crippen LogP contribution in [0.15, 0.2) is 72.6 Å². The highest BCUT2D eigenvalue weighted by Crippen LogP contribution is 2.29. The van der Waals surface area contributed by atoms with Crippen molar-refractivity contribution < 1.29 is 0 Å². The number of nitrogens with zero attached hydrogens (tertiary/aromatic N) is 2. The van der Waals surface area contributed by atoms with Crippen molar-refractivity contribution in [1.82, 2.24) is 9.88 Å².